The van der Waals surface area contributed by atoms with Crippen molar-refractivity contribution in [3.8, 4) is 28.3 Å². The van der Waals surface area contributed by atoms with E-state index in [4.69, 9.17) is 9.72 Å². The summed E-state index contributed by atoms with van der Waals surface area (Å²) in [6.45, 7) is 1.01. The number of benzene rings is 2. The third-order valence-corrected chi connectivity index (χ3v) is 4.77. The van der Waals surface area contributed by atoms with E-state index in [9.17, 15) is 5.11 Å². The van der Waals surface area contributed by atoms with Crippen LogP contribution in [0.2, 0.25) is 0 Å². The molecular weight excluding hydrogens is 362 g/mol. The fraction of sp³-hybridized carbons (Fsp3) is 0.167. The molecule has 0 unspecified atom stereocenters. The molecule has 0 saturated carbocycles. The summed E-state index contributed by atoms with van der Waals surface area (Å²) >= 11 is 0. The number of aromatic nitrogens is 3. The van der Waals surface area contributed by atoms with Gasteiger partial charge in [-0.15, -0.1) is 0 Å². The van der Waals surface area contributed by atoms with Crippen LogP contribution in [0.15, 0.2) is 85.5 Å². The van der Waals surface area contributed by atoms with Crippen LogP contribution in [0, 0.1) is 0 Å². The van der Waals surface area contributed by atoms with Gasteiger partial charge in [-0.1, -0.05) is 42.5 Å². The lowest BCUT2D eigenvalue weighted by Crippen LogP contribution is -2.06. The largest absolute Gasteiger partial charge is 0.490 e. The number of imidazole rings is 1. The minimum Gasteiger partial charge on any atom is -0.490 e. The van der Waals surface area contributed by atoms with Gasteiger partial charge in [0.15, 0.2) is 0 Å². The molecule has 0 amide bonds. The predicted octanol–water partition coefficient (Wildman–Crippen LogP) is 4.23. The Morgan fingerprint density at radius 3 is 2.45 bits per heavy atom. The SMILES string of the molecule is OCCOc1ccccc1-c1c(-c2ccccc2)ncn1CCc1ccncc1. The molecule has 4 aromatic rings. The molecule has 4 rings (SSSR count). The summed E-state index contributed by atoms with van der Waals surface area (Å²) in [5.74, 6) is 0.740. The summed E-state index contributed by atoms with van der Waals surface area (Å²) in [4.78, 5) is 8.84. The second-order valence-corrected chi connectivity index (χ2v) is 6.67. The quantitative estimate of drug-likeness (QED) is 0.493. The Labute approximate surface area is 170 Å². The standard InChI is InChI=1S/C24H23N3O2/c28-16-17-29-22-9-5-4-8-21(22)24-23(20-6-2-1-3-7-20)26-18-27(24)15-12-19-10-13-25-14-11-19/h1-11,13-14,18,28H,12,15-17H2. The van der Waals surface area contributed by atoms with E-state index in [1.807, 2.05) is 73.3 Å². The van der Waals surface area contributed by atoms with Crippen LogP contribution in [-0.2, 0) is 13.0 Å². The summed E-state index contributed by atoms with van der Waals surface area (Å²) in [5, 5.41) is 9.20. The summed E-state index contributed by atoms with van der Waals surface area (Å²) < 4.78 is 7.99. The number of aliphatic hydroxyl groups excluding tert-OH is 1. The van der Waals surface area contributed by atoms with E-state index in [-0.39, 0.29) is 13.2 Å². The summed E-state index contributed by atoms with van der Waals surface area (Å²) in [6.07, 6.45) is 6.40. The molecule has 2 aromatic heterocycles. The number of pyridine rings is 1. The van der Waals surface area contributed by atoms with Gasteiger partial charge < -0.3 is 14.4 Å². The Morgan fingerprint density at radius 1 is 0.897 bits per heavy atom. The van der Waals surface area contributed by atoms with E-state index in [1.165, 1.54) is 5.56 Å². The Morgan fingerprint density at radius 2 is 1.66 bits per heavy atom. The zero-order valence-electron chi connectivity index (χ0n) is 16.1. The van der Waals surface area contributed by atoms with Gasteiger partial charge in [0.05, 0.1) is 24.3 Å². The van der Waals surface area contributed by atoms with Gasteiger partial charge in [0.1, 0.15) is 12.4 Å². The zero-order valence-corrected chi connectivity index (χ0v) is 16.1. The summed E-state index contributed by atoms with van der Waals surface area (Å²) in [6, 6.07) is 22.1. The van der Waals surface area contributed by atoms with Crippen molar-refractivity contribution in [2.24, 2.45) is 0 Å². The maximum atomic E-state index is 9.20. The van der Waals surface area contributed by atoms with Crippen molar-refractivity contribution in [3.05, 3.63) is 91.0 Å². The molecule has 0 aliphatic rings. The molecule has 5 heteroatoms. The maximum absolute atomic E-state index is 9.20. The van der Waals surface area contributed by atoms with Gasteiger partial charge in [-0.3, -0.25) is 4.98 Å². The first-order valence-electron chi connectivity index (χ1n) is 9.69. The smallest absolute Gasteiger partial charge is 0.128 e. The Kier molecular flexibility index (Phi) is 5.98. The number of hydrogen-bond acceptors (Lipinski definition) is 4. The van der Waals surface area contributed by atoms with Gasteiger partial charge in [0.2, 0.25) is 0 Å². The number of para-hydroxylation sites is 1. The number of aliphatic hydroxyl groups is 1. The molecule has 0 fully saturated rings. The van der Waals surface area contributed by atoms with Gasteiger partial charge in [-0.05, 0) is 36.2 Å². The first-order chi connectivity index (χ1) is 14.4. The van der Waals surface area contributed by atoms with E-state index in [1.54, 1.807) is 0 Å². The van der Waals surface area contributed by atoms with Gasteiger partial charge in [0, 0.05) is 30.1 Å². The summed E-state index contributed by atoms with van der Waals surface area (Å²) in [7, 11) is 0. The van der Waals surface area contributed by atoms with Gasteiger partial charge in [-0.25, -0.2) is 4.98 Å². The van der Waals surface area contributed by atoms with Crippen molar-refractivity contribution in [1.29, 1.82) is 0 Å². The zero-order chi connectivity index (χ0) is 19.9. The van der Waals surface area contributed by atoms with Gasteiger partial charge in [0.25, 0.3) is 0 Å². The second-order valence-electron chi connectivity index (χ2n) is 6.67. The Balaban J connectivity index is 1.76. The number of rotatable bonds is 8. The monoisotopic (exact) mass is 385 g/mol. The first kappa shape index (κ1) is 18.9. The van der Waals surface area contributed by atoms with Crippen LogP contribution >= 0.6 is 0 Å². The van der Waals surface area contributed by atoms with Crippen LogP contribution in [0.25, 0.3) is 22.5 Å². The highest BCUT2D eigenvalue weighted by Gasteiger charge is 2.18. The van der Waals surface area contributed by atoms with Crippen molar-refractivity contribution >= 4 is 0 Å². The molecular formula is C24H23N3O2. The van der Waals surface area contributed by atoms with E-state index < -0.39 is 0 Å². The molecule has 0 aliphatic carbocycles. The minimum absolute atomic E-state index is 0.0266. The topological polar surface area (TPSA) is 60.2 Å². The van der Waals surface area contributed by atoms with Crippen LogP contribution < -0.4 is 4.74 Å². The highest BCUT2D eigenvalue weighted by Crippen LogP contribution is 2.36. The van der Waals surface area contributed by atoms with Crippen molar-refractivity contribution in [2.75, 3.05) is 13.2 Å². The average molecular weight is 385 g/mol. The normalized spacial score (nSPS) is 10.8. The van der Waals surface area contributed by atoms with Crippen molar-refractivity contribution < 1.29 is 9.84 Å². The molecule has 29 heavy (non-hydrogen) atoms. The molecule has 2 heterocycles. The fourth-order valence-electron chi connectivity index (χ4n) is 3.38. The lowest BCUT2D eigenvalue weighted by atomic mass is 10.0. The van der Waals surface area contributed by atoms with E-state index >= 15 is 0 Å². The molecule has 146 valence electrons. The van der Waals surface area contributed by atoms with Gasteiger partial charge >= 0.3 is 0 Å². The van der Waals surface area contributed by atoms with E-state index in [2.05, 4.69) is 21.7 Å². The van der Waals surface area contributed by atoms with Gasteiger partial charge in [-0.2, -0.15) is 0 Å². The molecule has 1 N–H and O–H groups in total. The van der Waals surface area contributed by atoms with Crippen molar-refractivity contribution in [3.63, 3.8) is 0 Å². The maximum Gasteiger partial charge on any atom is 0.128 e. The molecule has 0 spiro atoms. The summed E-state index contributed by atoms with van der Waals surface area (Å²) in [5.41, 5.74) is 5.18. The molecule has 5 nitrogen and oxygen atoms in total. The lowest BCUT2D eigenvalue weighted by molar-refractivity contribution is 0.202. The van der Waals surface area contributed by atoms with Crippen LogP contribution in [0.1, 0.15) is 5.56 Å². The third kappa shape index (κ3) is 4.36. The van der Waals surface area contributed by atoms with Crippen LogP contribution in [0.5, 0.6) is 5.75 Å². The third-order valence-electron chi connectivity index (χ3n) is 4.77. The second kappa shape index (κ2) is 9.17. The highest BCUT2D eigenvalue weighted by molar-refractivity contribution is 5.81. The average Bonchev–Trinajstić information content (AvgIpc) is 3.21. The van der Waals surface area contributed by atoms with E-state index in [0.717, 1.165) is 41.2 Å². The molecule has 2 aromatic carbocycles. The Bertz CT molecular complexity index is 1050. The molecule has 0 radical (unpaired) electrons. The molecule has 0 aliphatic heterocycles. The van der Waals surface area contributed by atoms with Crippen LogP contribution in [0.3, 0.4) is 0 Å². The first-order valence-corrected chi connectivity index (χ1v) is 9.69. The number of nitrogens with zero attached hydrogens (tertiary/aromatic N) is 3. The number of hydrogen-bond donors (Lipinski definition) is 1. The van der Waals surface area contributed by atoms with Crippen LogP contribution in [0.4, 0.5) is 0 Å². The number of aryl methyl sites for hydroxylation is 2. The highest BCUT2D eigenvalue weighted by atomic mass is 16.5. The Hall–Kier alpha value is -3.44. The lowest BCUT2D eigenvalue weighted by Gasteiger charge is -2.15. The van der Waals surface area contributed by atoms with Crippen LogP contribution in [-0.4, -0.2) is 32.9 Å². The fourth-order valence-corrected chi connectivity index (χ4v) is 3.38. The number of ether oxygens (including phenoxy) is 1. The van der Waals surface area contributed by atoms with Crippen molar-refractivity contribution in [1.82, 2.24) is 14.5 Å². The molecule has 0 bridgehead atoms. The molecule has 0 atom stereocenters. The predicted molar refractivity (Wildman–Crippen MR) is 114 cm³/mol. The van der Waals surface area contributed by atoms with Crippen molar-refractivity contribution in [2.45, 2.75) is 13.0 Å². The minimum atomic E-state index is -0.0266. The molecule has 0 saturated heterocycles. The van der Waals surface area contributed by atoms with E-state index in [0.29, 0.717) is 0 Å².